The molecule has 1 aliphatic carbocycles. The number of hydrogen-bond donors (Lipinski definition) is 0. The lowest BCUT2D eigenvalue weighted by Gasteiger charge is -2.14. The van der Waals surface area contributed by atoms with Gasteiger partial charge in [-0.05, 0) is 65.1 Å². The van der Waals surface area contributed by atoms with E-state index in [-0.39, 0.29) is 5.97 Å². The molecule has 0 radical (unpaired) electrons. The molecule has 4 heteroatoms. The summed E-state index contributed by atoms with van der Waals surface area (Å²) in [4.78, 5) is 17.2. The van der Waals surface area contributed by atoms with Crippen molar-refractivity contribution in [1.82, 2.24) is 9.55 Å². The summed E-state index contributed by atoms with van der Waals surface area (Å²) in [6.45, 7) is 0.848. The number of esters is 1. The number of hydrogen-bond acceptors (Lipinski definition) is 3. The summed E-state index contributed by atoms with van der Waals surface area (Å²) in [5.74, 6) is 0.211. The van der Waals surface area contributed by atoms with Gasteiger partial charge in [-0.25, -0.2) is 4.79 Å². The van der Waals surface area contributed by atoms with E-state index in [0.717, 1.165) is 17.8 Å². The van der Waals surface area contributed by atoms with Crippen LogP contribution in [0.3, 0.4) is 0 Å². The van der Waals surface area contributed by atoms with Crippen LogP contribution in [0.1, 0.15) is 64.3 Å². The highest BCUT2D eigenvalue weighted by Crippen LogP contribution is 2.34. The molecule has 2 aromatic carbocycles. The first-order valence-electron chi connectivity index (χ1n) is 11.4. The quantitative estimate of drug-likeness (QED) is 0.350. The normalized spacial score (nSPS) is 14.2. The molecule has 0 spiro atoms. The molecule has 1 aliphatic rings. The molecule has 5 rings (SSSR count). The van der Waals surface area contributed by atoms with Crippen molar-refractivity contribution in [1.29, 1.82) is 0 Å². The van der Waals surface area contributed by atoms with Gasteiger partial charge in [-0.2, -0.15) is 0 Å². The maximum absolute atomic E-state index is 12.5. The summed E-state index contributed by atoms with van der Waals surface area (Å²) in [6, 6.07) is 21.1. The summed E-state index contributed by atoms with van der Waals surface area (Å²) in [7, 11) is 1.44. The smallest absolute Gasteiger partial charge is 0.339 e. The molecule has 2 aromatic heterocycles. The Morgan fingerprint density at radius 2 is 1.84 bits per heavy atom. The van der Waals surface area contributed by atoms with Gasteiger partial charge in [0.1, 0.15) is 0 Å². The van der Waals surface area contributed by atoms with Gasteiger partial charge in [-0.3, -0.25) is 4.98 Å². The van der Waals surface area contributed by atoms with E-state index in [1.807, 2.05) is 18.3 Å². The number of carbonyl (C=O) groups excluding carboxylic acids is 1. The number of aromatic nitrogens is 2. The Morgan fingerprint density at radius 3 is 2.62 bits per heavy atom. The Kier molecular flexibility index (Phi) is 5.76. The molecule has 0 N–H and O–H groups in total. The van der Waals surface area contributed by atoms with E-state index in [4.69, 9.17) is 9.72 Å². The molecule has 0 unspecified atom stereocenters. The van der Waals surface area contributed by atoms with Gasteiger partial charge in [0.05, 0.1) is 18.4 Å². The molecule has 4 aromatic rings. The highest BCUT2D eigenvalue weighted by molar-refractivity contribution is 5.91. The predicted molar refractivity (Wildman–Crippen MR) is 127 cm³/mol. The highest BCUT2D eigenvalue weighted by Gasteiger charge is 2.21. The van der Waals surface area contributed by atoms with Gasteiger partial charge < -0.3 is 9.30 Å². The van der Waals surface area contributed by atoms with Crippen molar-refractivity contribution in [2.45, 2.75) is 44.6 Å². The monoisotopic (exact) mass is 424 g/mol. The molecular formula is C28H28N2O2. The van der Waals surface area contributed by atoms with Gasteiger partial charge in [0.15, 0.2) is 0 Å². The summed E-state index contributed by atoms with van der Waals surface area (Å²) in [5, 5.41) is 1.20. The second kappa shape index (κ2) is 8.99. The number of ether oxygens (including phenoxy) is 1. The second-order valence-electron chi connectivity index (χ2n) is 8.74. The zero-order valence-electron chi connectivity index (χ0n) is 18.5. The Labute approximate surface area is 188 Å². The average Bonchev–Trinajstić information content (AvgIpc) is 3.50. The maximum atomic E-state index is 12.5. The fraction of sp³-hybridized carbons (Fsp3) is 0.286. The molecular weight excluding hydrogens is 396 g/mol. The van der Waals surface area contributed by atoms with Crippen molar-refractivity contribution in [3.63, 3.8) is 0 Å². The van der Waals surface area contributed by atoms with Gasteiger partial charge in [0.25, 0.3) is 0 Å². The SMILES string of the molecule is COC(=O)c1cc(C2CCCC2)cnc1Cc1ccc2c(ccn2Cc2ccccc2)c1. The zero-order chi connectivity index (χ0) is 21.9. The van der Waals surface area contributed by atoms with Gasteiger partial charge in [0, 0.05) is 30.9 Å². The summed E-state index contributed by atoms with van der Waals surface area (Å²) < 4.78 is 7.35. The third-order valence-electron chi connectivity index (χ3n) is 6.63. The van der Waals surface area contributed by atoms with Crippen LogP contribution in [0.25, 0.3) is 10.9 Å². The van der Waals surface area contributed by atoms with Crippen LogP contribution < -0.4 is 0 Å². The van der Waals surface area contributed by atoms with Gasteiger partial charge in [-0.1, -0.05) is 49.2 Å². The topological polar surface area (TPSA) is 44.1 Å². The minimum absolute atomic E-state index is 0.303. The molecule has 0 saturated heterocycles. The van der Waals surface area contributed by atoms with Crippen LogP contribution >= 0.6 is 0 Å². The number of rotatable bonds is 6. The number of carbonyl (C=O) groups is 1. The first kappa shape index (κ1) is 20.5. The molecule has 2 heterocycles. The fourth-order valence-corrected chi connectivity index (χ4v) is 4.89. The van der Waals surface area contributed by atoms with E-state index in [0.29, 0.717) is 17.9 Å². The molecule has 1 fully saturated rings. The van der Waals surface area contributed by atoms with E-state index >= 15 is 0 Å². The van der Waals surface area contributed by atoms with Gasteiger partial charge in [-0.15, -0.1) is 0 Å². The molecule has 162 valence electrons. The van der Waals surface area contributed by atoms with Gasteiger partial charge >= 0.3 is 5.97 Å². The van der Waals surface area contributed by atoms with Crippen molar-refractivity contribution < 1.29 is 9.53 Å². The summed E-state index contributed by atoms with van der Waals surface area (Å²) in [6.07, 6.45) is 9.57. The third kappa shape index (κ3) is 4.18. The number of fused-ring (bicyclic) bond motifs is 1. The molecule has 32 heavy (non-hydrogen) atoms. The fourth-order valence-electron chi connectivity index (χ4n) is 4.89. The first-order chi connectivity index (χ1) is 15.7. The minimum atomic E-state index is -0.303. The van der Waals surface area contributed by atoms with Crippen LogP contribution in [0.4, 0.5) is 0 Å². The van der Waals surface area contributed by atoms with E-state index in [1.165, 1.54) is 54.8 Å². The van der Waals surface area contributed by atoms with Crippen LogP contribution in [0.5, 0.6) is 0 Å². The Hall–Kier alpha value is -3.40. The largest absolute Gasteiger partial charge is 0.465 e. The van der Waals surface area contributed by atoms with E-state index in [2.05, 4.69) is 59.3 Å². The van der Waals surface area contributed by atoms with Crippen LogP contribution in [-0.2, 0) is 17.7 Å². The lowest BCUT2D eigenvalue weighted by molar-refractivity contribution is 0.0599. The molecule has 4 nitrogen and oxygen atoms in total. The zero-order valence-corrected chi connectivity index (χ0v) is 18.5. The van der Waals surface area contributed by atoms with Crippen molar-refractivity contribution in [3.8, 4) is 0 Å². The minimum Gasteiger partial charge on any atom is -0.465 e. The molecule has 0 bridgehead atoms. The van der Waals surface area contributed by atoms with Crippen molar-refractivity contribution in [2.24, 2.45) is 0 Å². The lowest BCUT2D eigenvalue weighted by Crippen LogP contribution is -2.10. The van der Waals surface area contributed by atoms with Gasteiger partial charge in [0.2, 0.25) is 0 Å². The Morgan fingerprint density at radius 1 is 1.03 bits per heavy atom. The van der Waals surface area contributed by atoms with Crippen molar-refractivity contribution in [2.75, 3.05) is 7.11 Å². The van der Waals surface area contributed by atoms with E-state index in [1.54, 1.807) is 0 Å². The summed E-state index contributed by atoms with van der Waals surface area (Å²) >= 11 is 0. The Bertz CT molecular complexity index is 1240. The number of methoxy groups -OCH3 is 1. The standard InChI is InChI=1S/C28H28N2O2/c1-32-28(31)25-17-24(22-9-5-6-10-22)18-29-26(25)16-21-11-12-27-23(15-21)13-14-30(27)19-20-7-3-2-4-8-20/h2-4,7-8,11-15,17-18,22H,5-6,9-10,16,19H2,1H3. The number of pyridine rings is 1. The lowest BCUT2D eigenvalue weighted by atomic mass is 9.95. The average molecular weight is 425 g/mol. The summed E-state index contributed by atoms with van der Waals surface area (Å²) in [5.41, 5.74) is 6.17. The first-order valence-corrected chi connectivity index (χ1v) is 11.4. The van der Waals surface area contributed by atoms with Crippen LogP contribution in [0, 0.1) is 0 Å². The number of nitrogens with zero attached hydrogens (tertiary/aromatic N) is 2. The second-order valence-corrected chi connectivity index (χ2v) is 8.74. The highest BCUT2D eigenvalue weighted by atomic mass is 16.5. The number of benzene rings is 2. The molecule has 0 amide bonds. The van der Waals surface area contributed by atoms with E-state index < -0.39 is 0 Å². The Balaban J connectivity index is 1.41. The van der Waals surface area contributed by atoms with Crippen LogP contribution in [0.15, 0.2) is 73.1 Å². The molecule has 0 atom stereocenters. The molecule has 1 saturated carbocycles. The van der Waals surface area contributed by atoms with Crippen LogP contribution in [-0.4, -0.2) is 22.6 Å². The van der Waals surface area contributed by atoms with E-state index in [9.17, 15) is 4.79 Å². The van der Waals surface area contributed by atoms with Crippen molar-refractivity contribution in [3.05, 3.63) is 101 Å². The predicted octanol–water partition coefficient (Wildman–Crippen LogP) is 6.12. The maximum Gasteiger partial charge on any atom is 0.339 e. The third-order valence-corrected chi connectivity index (χ3v) is 6.63. The van der Waals surface area contributed by atoms with Crippen LogP contribution in [0.2, 0.25) is 0 Å². The van der Waals surface area contributed by atoms with Crippen molar-refractivity contribution >= 4 is 16.9 Å². The molecule has 0 aliphatic heterocycles.